The summed E-state index contributed by atoms with van der Waals surface area (Å²) in [6, 6.07) is 8.77. The topological polar surface area (TPSA) is 66.7 Å². The Morgan fingerprint density at radius 3 is 2.64 bits per heavy atom. The average Bonchev–Trinajstić information content (AvgIpc) is 3.26. The highest BCUT2D eigenvalue weighted by molar-refractivity contribution is 5.47. The third-order valence-corrected chi connectivity index (χ3v) is 5.06. The van der Waals surface area contributed by atoms with Crippen LogP contribution < -0.4 is 4.90 Å². The van der Waals surface area contributed by atoms with Crippen LogP contribution in [0.15, 0.2) is 36.7 Å². The van der Waals surface area contributed by atoms with Gasteiger partial charge in [0.1, 0.15) is 0 Å². The fourth-order valence-electron chi connectivity index (χ4n) is 3.72. The molecule has 0 saturated carbocycles. The molecular weight excluding hydrogens is 318 g/mol. The maximum atomic E-state index is 10.8. The minimum atomic E-state index is -0.721. The van der Waals surface area contributed by atoms with Crippen LogP contribution in [0.25, 0.3) is 0 Å². The van der Waals surface area contributed by atoms with Crippen molar-refractivity contribution in [3.8, 4) is 0 Å². The van der Waals surface area contributed by atoms with E-state index in [2.05, 4.69) is 44.4 Å². The molecule has 7 nitrogen and oxygen atoms in total. The molecule has 1 N–H and O–H groups in total. The molecule has 4 rings (SSSR count). The number of ether oxygens (including phenoxy) is 1. The van der Waals surface area contributed by atoms with Gasteiger partial charge in [0.2, 0.25) is 0 Å². The van der Waals surface area contributed by atoms with Gasteiger partial charge >= 0.3 is 0 Å². The lowest BCUT2D eigenvalue weighted by Crippen LogP contribution is -2.37. The van der Waals surface area contributed by atoms with Crippen LogP contribution >= 0.6 is 0 Å². The third kappa shape index (κ3) is 4.00. The van der Waals surface area contributed by atoms with Crippen molar-refractivity contribution in [2.24, 2.45) is 0 Å². The summed E-state index contributed by atoms with van der Waals surface area (Å²) < 4.78 is 7.12. The Bertz CT molecular complexity index is 669. The van der Waals surface area contributed by atoms with Gasteiger partial charge in [-0.15, -0.1) is 5.10 Å². The zero-order chi connectivity index (χ0) is 17.1. The number of aliphatic hydroxyl groups is 1. The van der Waals surface area contributed by atoms with E-state index in [9.17, 15) is 5.11 Å². The number of nitrogens with zero attached hydrogens (tertiary/aromatic N) is 5. The zero-order valence-electron chi connectivity index (χ0n) is 14.4. The highest BCUT2D eigenvalue weighted by atomic mass is 16.5. The molecule has 134 valence electrons. The number of aromatic nitrogens is 3. The van der Waals surface area contributed by atoms with Crippen LogP contribution in [0.5, 0.6) is 0 Å². The molecule has 0 amide bonds. The lowest BCUT2D eigenvalue weighted by Gasteiger charge is -2.29. The van der Waals surface area contributed by atoms with Gasteiger partial charge in [0.25, 0.3) is 0 Å². The molecule has 0 bridgehead atoms. The summed E-state index contributed by atoms with van der Waals surface area (Å²) in [7, 11) is 0. The van der Waals surface area contributed by atoms with Crippen molar-refractivity contribution in [2.45, 2.75) is 25.1 Å². The standard InChI is InChI=1S/C18H25N5O2/c24-18(15-23-8-6-19-20-23)5-7-21(14-18)13-16-1-3-17(4-2-16)22-9-11-25-12-10-22/h1-4,6,8,24H,5,7,9-15H2. The summed E-state index contributed by atoms with van der Waals surface area (Å²) in [5.41, 5.74) is 1.82. The first-order chi connectivity index (χ1) is 12.2. The number of hydrogen-bond acceptors (Lipinski definition) is 6. The lowest BCUT2D eigenvalue weighted by atomic mass is 10.0. The Morgan fingerprint density at radius 1 is 1.12 bits per heavy atom. The number of hydrogen-bond donors (Lipinski definition) is 1. The summed E-state index contributed by atoms with van der Waals surface area (Å²) in [5, 5.41) is 18.5. The quantitative estimate of drug-likeness (QED) is 0.864. The van der Waals surface area contributed by atoms with Crippen molar-refractivity contribution in [1.29, 1.82) is 0 Å². The molecule has 3 heterocycles. The van der Waals surface area contributed by atoms with Crippen molar-refractivity contribution in [1.82, 2.24) is 19.9 Å². The van der Waals surface area contributed by atoms with Gasteiger partial charge in [0, 0.05) is 44.6 Å². The Labute approximate surface area is 147 Å². The van der Waals surface area contributed by atoms with E-state index < -0.39 is 5.60 Å². The van der Waals surface area contributed by atoms with Gasteiger partial charge in [-0.2, -0.15) is 0 Å². The van der Waals surface area contributed by atoms with E-state index in [1.54, 1.807) is 17.1 Å². The van der Waals surface area contributed by atoms with Crippen LogP contribution in [-0.2, 0) is 17.8 Å². The summed E-state index contributed by atoms with van der Waals surface area (Å²) in [6.07, 6.45) is 4.20. The van der Waals surface area contributed by atoms with Crippen molar-refractivity contribution in [2.75, 3.05) is 44.3 Å². The fraction of sp³-hybridized carbons (Fsp3) is 0.556. The SMILES string of the molecule is OC1(Cn2ccnn2)CCN(Cc2ccc(N3CCOCC3)cc2)C1. The molecule has 0 radical (unpaired) electrons. The van der Waals surface area contributed by atoms with Gasteiger partial charge in [-0.25, -0.2) is 4.68 Å². The summed E-state index contributed by atoms with van der Waals surface area (Å²) >= 11 is 0. The van der Waals surface area contributed by atoms with Crippen LogP contribution in [0, 0.1) is 0 Å². The summed E-state index contributed by atoms with van der Waals surface area (Å²) in [4.78, 5) is 4.67. The smallest absolute Gasteiger partial charge is 0.0981 e. The van der Waals surface area contributed by atoms with E-state index >= 15 is 0 Å². The van der Waals surface area contributed by atoms with Crippen LogP contribution in [0.3, 0.4) is 0 Å². The largest absolute Gasteiger partial charge is 0.387 e. The molecule has 2 aromatic rings. The normalized spacial score (nSPS) is 24.8. The van der Waals surface area contributed by atoms with Crippen LogP contribution in [0.4, 0.5) is 5.69 Å². The number of likely N-dealkylation sites (tertiary alicyclic amines) is 1. The Balaban J connectivity index is 1.33. The maximum Gasteiger partial charge on any atom is 0.0981 e. The molecule has 25 heavy (non-hydrogen) atoms. The zero-order valence-corrected chi connectivity index (χ0v) is 14.4. The van der Waals surface area contributed by atoms with Crippen LogP contribution in [0.1, 0.15) is 12.0 Å². The summed E-state index contributed by atoms with van der Waals surface area (Å²) in [5.74, 6) is 0. The molecule has 0 spiro atoms. The number of morpholine rings is 1. The van der Waals surface area contributed by atoms with E-state index in [1.165, 1.54) is 11.3 Å². The third-order valence-electron chi connectivity index (χ3n) is 5.06. The lowest BCUT2D eigenvalue weighted by molar-refractivity contribution is 0.0274. The second kappa shape index (κ2) is 7.11. The first-order valence-electron chi connectivity index (χ1n) is 8.91. The van der Waals surface area contributed by atoms with E-state index in [-0.39, 0.29) is 0 Å². The number of rotatable bonds is 5. The second-order valence-corrected chi connectivity index (χ2v) is 7.05. The molecule has 1 atom stereocenters. The Morgan fingerprint density at radius 2 is 1.92 bits per heavy atom. The van der Waals surface area contributed by atoms with Gasteiger partial charge in [-0.05, 0) is 24.1 Å². The second-order valence-electron chi connectivity index (χ2n) is 7.05. The molecular formula is C18H25N5O2. The number of benzene rings is 1. The van der Waals surface area contributed by atoms with Gasteiger partial charge in [-0.1, -0.05) is 17.3 Å². The predicted octanol–water partition coefficient (Wildman–Crippen LogP) is 0.752. The first kappa shape index (κ1) is 16.5. The fourth-order valence-corrected chi connectivity index (χ4v) is 3.72. The minimum Gasteiger partial charge on any atom is -0.387 e. The van der Waals surface area contributed by atoms with E-state index in [0.29, 0.717) is 13.1 Å². The molecule has 2 aliphatic heterocycles. The van der Waals surface area contributed by atoms with E-state index in [4.69, 9.17) is 4.74 Å². The number of anilines is 1. The van der Waals surface area contributed by atoms with Gasteiger partial charge in [0.15, 0.2) is 0 Å². The Kier molecular flexibility index (Phi) is 4.70. The van der Waals surface area contributed by atoms with Crippen LogP contribution in [-0.4, -0.2) is 70.0 Å². The molecule has 2 fully saturated rings. The molecule has 1 aromatic carbocycles. The molecule has 2 aliphatic rings. The summed E-state index contributed by atoms with van der Waals surface area (Å²) in [6.45, 7) is 6.46. The maximum absolute atomic E-state index is 10.8. The predicted molar refractivity (Wildman–Crippen MR) is 94.3 cm³/mol. The van der Waals surface area contributed by atoms with E-state index in [1.807, 2.05) is 0 Å². The molecule has 1 aromatic heterocycles. The van der Waals surface area contributed by atoms with Crippen LogP contribution in [0.2, 0.25) is 0 Å². The average molecular weight is 343 g/mol. The van der Waals surface area contributed by atoms with Gasteiger partial charge < -0.3 is 14.7 Å². The highest BCUT2D eigenvalue weighted by Gasteiger charge is 2.36. The Hall–Kier alpha value is -1.96. The molecule has 1 unspecified atom stereocenters. The van der Waals surface area contributed by atoms with Crippen molar-refractivity contribution >= 4 is 5.69 Å². The van der Waals surface area contributed by atoms with Crippen molar-refractivity contribution in [3.05, 3.63) is 42.2 Å². The van der Waals surface area contributed by atoms with E-state index in [0.717, 1.165) is 45.8 Å². The van der Waals surface area contributed by atoms with Crippen molar-refractivity contribution in [3.63, 3.8) is 0 Å². The van der Waals surface area contributed by atoms with Gasteiger partial charge in [-0.3, -0.25) is 4.90 Å². The van der Waals surface area contributed by atoms with Crippen molar-refractivity contribution < 1.29 is 9.84 Å². The van der Waals surface area contributed by atoms with Gasteiger partial charge in [0.05, 0.1) is 31.6 Å². The molecule has 0 aliphatic carbocycles. The monoisotopic (exact) mass is 343 g/mol. The number of β-amino-alcohol motifs (C(OH)–C–C–N with tert-alkyl or cyclic N) is 1. The molecule has 7 heteroatoms. The molecule has 2 saturated heterocycles. The first-order valence-corrected chi connectivity index (χ1v) is 8.91. The highest BCUT2D eigenvalue weighted by Crippen LogP contribution is 2.25. The minimum absolute atomic E-state index is 0.499.